The minimum absolute atomic E-state index is 0.0522. The first kappa shape index (κ1) is 16.8. The molecule has 0 fully saturated rings. The number of amides is 1. The van der Waals surface area contributed by atoms with Crippen molar-refractivity contribution in [3.05, 3.63) is 65.5 Å². The van der Waals surface area contributed by atoms with Gasteiger partial charge < -0.3 is 15.6 Å². The van der Waals surface area contributed by atoms with Crippen molar-refractivity contribution in [2.24, 2.45) is 5.73 Å². The van der Waals surface area contributed by atoms with Crippen LogP contribution in [0.1, 0.15) is 11.1 Å². The van der Waals surface area contributed by atoms with Crippen molar-refractivity contribution in [3.8, 4) is 5.75 Å². The number of hydrogen-bond acceptors (Lipinski definition) is 3. The van der Waals surface area contributed by atoms with Crippen molar-refractivity contribution < 1.29 is 32.2 Å². The van der Waals surface area contributed by atoms with Crippen LogP contribution in [0.2, 0.25) is 0 Å². The number of halogens is 4. The van der Waals surface area contributed by atoms with Gasteiger partial charge in [0.15, 0.2) is 17.2 Å². The Balaban J connectivity index is 2.50. The minimum Gasteiger partial charge on any atom is -0.403 e. The van der Waals surface area contributed by atoms with E-state index in [1.807, 2.05) is 0 Å². The summed E-state index contributed by atoms with van der Waals surface area (Å²) in [6, 6.07) is 9.56. The van der Waals surface area contributed by atoms with Gasteiger partial charge in [0.05, 0.1) is 0 Å². The van der Waals surface area contributed by atoms with Gasteiger partial charge in [0.25, 0.3) is 5.91 Å². The Hall–Kier alpha value is -2.61. The molecule has 8 heteroatoms. The highest BCUT2D eigenvalue weighted by Gasteiger charge is 2.39. The van der Waals surface area contributed by atoms with Gasteiger partial charge in [-0.2, -0.15) is 0 Å². The SMILES string of the molecule is NC(=O)C(O)(c1ccccc1)c1ccc(OC(F)(F)F)c(F)c1. The molecule has 1 unspecified atom stereocenters. The van der Waals surface area contributed by atoms with Crippen LogP contribution >= 0.6 is 0 Å². The standard InChI is InChI=1S/C15H11F4NO3/c16-11-8-10(6-7-12(11)23-15(17,18)19)14(22,13(20)21)9-4-2-1-3-5-9/h1-8,22H,(H2,20,21). The van der Waals surface area contributed by atoms with Gasteiger partial charge >= 0.3 is 6.36 Å². The van der Waals surface area contributed by atoms with Gasteiger partial charge in [-0.15, -0.1) is 13.2 Å². The maximum absolute atomic E-state index is 13.8. The van der Waals surface area contributed by atoms with E-state index in [0.29, 0.717) is 12.1 Å². The molecule has 3 N–H and O–H groups in total. The molecule has 0 aliphatic carbocycles. The Morgan fingerprint density at radius 3 is 2.13 bits per heavy atom. The fourth-order valence-electron chi connectivity index (χ4n) is 2.06. The van der Waals surface area contributed by atoms with Gasteiger partial charge in [-0.25, -0.2) is 4.39 Å². The Morgan fingerprint density at radius 2 is 1.65 bits per heavy atom. The van der Waals surface area contributed by atoms with Gasteiger partial charge in [-0.1, -0.05) is 36.4 Å². The Bertz CT molecular complexity index is 718. The molecule has 0 radical (unpaired) electrons. The molecular weight excluding hydrogens is 318 g/mol. The number of carbonyl (C=O) groups is 1. The molecule has 0 bridgehead atoms. The van der Waals surface area contributed by atoms with Gasteiger partial charge in [0.2, 0.25) is 0 Å². The first-order chi connectivity index (χ1) is 10.6. The number of rotatable bonds is 4. The van der Waals surface area contributed by atoms with E-state index in [1.54, 1.807) is 6.07 Å². The van der Waals surface area contributed by atoms with Crippen molar-refractivity contribution in [2.45, 2.75) is 12.0 Å². The van der Waals surface area contributed by atoms with Crippen LogP contribution in [0.25, 0.3) is 0 Å². The first-order valence-corrected chi connectivity index (χ1v) is 6.28. The molecule has 4 nitrogen and oxygen atoms in total. The summed E-state index contributed by atoms with van der Waals surface area (Å²) >= 11 is 0. The van der Waals surface area contributed by atoms with E-state index in [2.05, 4.69) is 4.74 Å². The quantitative estimate of drug-likeness (QED) is 0.846. The average molecular weight is 329 g/mol. The first-order valence-electron chi connectivity index (χ1n) is 6.28. The number of alkyl halides is 3. The lowest BCUT2D eigenvalue weighted by Crippen LogP contribution is -2.42. The van der Waals surface area contributed by atoms with Crippen LogP contribution < -0.4 is 10.5 Å². The van der Waals surface area contributed by atoms with Crippen LogP contribution in [-0.2, 0) is 10.4 Å². The smallest absolute Gasteiger partial charge is 0.403 e. The normalized spacial score (nSPS) is 14.1. The molecule has 0 spiro atoms. The van der Waals surface area contributed by atoms with E-state index in [1.165, 1.54) is 24.3 Å². The number of ether oxygens (including phenoxy) is 1. The van der Waals surface area contributed by atoms with E-state index in [4.69, 9.17) is 5.73 Å². The van der Waals surface area contributed by atoms with Crippen LogP contribution in [0, 0.1) is 5.82 Å². The van der Waals surface area contributed by atoms with Gasteiger partial charge in [0, 0.05) is 5.56 Å². The summed E-state index contributed by atoms with van der Waals surface area (Å²) in [6.07, 6.45) is -5.07. The highest BCUT2D eigenvalue weighted by Crippen LogP contribution is 2.33. The Morgan fingerprint density at radius 1 is 1.04 bits per heavy atom. The number of primary amides is 1. The van der Waals surface area contributed by atoms with Gasteiger partial charge in [-0.3, -0.25) is 4.79 Å². The van der Waals surface area contributed by atoms with Crippen molar-refractivity contribution in [1.29, 1.82) is 0 Å². The summed E-state index contributed by atoms with van der Waals surface area (Å²) in [6.45, 7) is 0. The highest BCUT2D eigenvalue weighted by molar-refractivity contribution is 5.88. The largest absolute Gasteiger partial charge is 0.573 e. The Kier molecular flexibility index (Phi) is 4.28. The molecule has 23 heavy (non-hydrogen) atoms. The predicted molar refractivity (Wildman–Crippen MR) is 71.7 cm³/mol. The summed E-state index contributed by atoms with van der Waals surface area (Å²) in [5, 5.41) is 10.6. The molecule has 0 aliphatic heterocycles. The summed E-state index contributed by atoms with van der Waals surface area (Å²) in [5.74, 6) is -3.68. The van der Waals surface area contributed by atoms with Crippen LogP contribution in [0.15, 0.2) is 48.5 Å². The Labute approximate surface area is 128 Å². The second-order valence-corrected chi connectivity index (χ2v) is 4.63. The van der Waals surface area contributed by atoms with E-state index in [9.17, 15) is 27.5 Å². The third-order valence-corrected chi connectivity index (χ3v) is 3.12. The van der Waals surface area contributed by atoms with Gasteiger partial charge in [-0.05, 0) is 17.7 Å². The van der Waals surface area contributed by atoms with Crippen LogP contribution in [-0.4, -0.2) is 17.4 Å². The summed E-state index contributed by atoms with van der Waals surface area (Å²) in [7, 11) is 0. The molecule has 0 saturated heterocycles. The lowest BCUT2D eigenvalue weighted by molar-refractivity contribution is -0.275. The maximum atomic E-state index is 13.8. The molecule has 2 aromatic rings. The molecule has 1 atom stereocenters. The van der Waals surface area contributed by atoms with Crippen molar-refractivity contribution >= 4 is 5.91 Å². The number of hydrogen-bond donors (Lipinski definition) is 2. The third kappa shape index (κ3) is 3.42. The number of benzene rings is 2. The molecule has 0 heterocycles. The molecule has 122 valence electrons. The fourth-order valence-corrected chi connectivity index (χ4v) is 2.06. The summed E-state index contributed by atoms with van der Waals surface area (Å²) < 4.78 is 53.7. The minimum atomic E-state index is -5.07. The zero-order chi connectivity index (χ0) is 17.3. The average Bonchev–Trinajstić information content (AvgIpc) is 2.48. The fraction of sp³-hybridized carbons (Fsp3) is 0.133. The predicted octanol–water partition coefficient (Wildman–Crippen LogP) is 2.45. The van der Waals surface area contributed by atoms with E-state index < -0.39 is 29.4 Å². The molecule has 0 aromatic heterocycles. The summed E-state index contributed by atoms with van der Waals surface area (Å²) in [5.41, 5.74) is 2.55. The molecule has 1 amide bonds. The van der Waals surface area contributed by atoms with E-state index in [-0.39, 0.29) is 11.1 Å². The maximum Gasteiger partial charge on any atom is 0.573 e. The molecule has 2 rings (SSSR count). The number of nitrogens with two attached hydrogens (primary N) is 1. The lowest BCUT2D eigenvalue weighted by Gasteiger charge is -2.26. The second kappa shape index (κ2) is 5.88. The molecule has 0 saturated carbocycles. The van der Waals surface area contributed by atoms with Gasteiger partial charge in [0.1, 0.15) is 0 Å². The lowest BCUT2D eigenvalue weighted by atomic mass is 9.85. The second-order valence-electron chi connectivity index (χ2n) is 4.63. The van der Waals surface area contributed by atoms with Crippen molar-refractivity contribution in [1.82, 2.24) is 0 Å². The van der Waals surface area contributed by atoms with Crippen LogP contribution in [0.3, 0.4) is 0 Å². The van der Waals surface area contributed by atoms with Crippen molar-refractivity contribution in [2.75, 3.05) is 0 Å². The monoisotopic (exact) mass is 329 g/mol. The van der Waals surface area contributed by atoms with Crippen LogP contribution in [0.5, 0.6) is 5.75 Å². The summed E-state index contributed by atoms with van der Waals surface area (Å²) in [4.78, 5) is 11.7. The van der Waals surface area contributed by atoms with Crippen LogP contribution in [0.4, 0.5) is 17.6 Å². The number of aliphatic hydroxyl groups is 1. The zero-order valence-corrected chi connectivity index (χ0v) is 11.5. The van der Waals surface area contributed by atoms with E-state index >= 15 is 0 Å². The molecule has 2 aromatic carbocycles. The topological polar surface area (TPSA) is 72.6 Å². The highest BCUT2D eigenvalue weighted by atomic mass is 19.4. The van der Waals surface area contributed by atoms with E-state index in [0.717, 1.165) is 6.07 Å². The molecule has 0 aliphatic rings. The zero-order valence-electron chi connectivity index (χ0n) is 11.5. The van der Waals surface area contributed by atoms with Crippen molar-refractivity contribution in [3.63, 3.8) is 0 Å². The molecular formula is C15H11F4NO3. The number of carbonyl (C=O) groups excluding carboxylic acids is 1. The third-order valence-electron chi connectivity index (χ3n) is 3.12.